The van der Waals surface area contributed by atoms with Gasteiger partial charge in [-0.25, -0.2) is 13.8 Å². The van der Waals surface area contributed by atoms with Crippen molar-refractivity contribution in [1.29, 1.82) is 0 Å². The van der Waals surface area contributed by atoms with Crippen molar-refractivity contribution in [1.82, 2.24) is 29.8 Å². The molecule has 6 amide bonds. The highest BCUT2D eigenvalue weighted by Gasteiger charge is 2.46. The van der Waals surface area contributed by atoms with E-state index in [-0.39, 0.29) is 60.8 Å². The third-order valence-electron chi connectivity index (χ3n) is 15.2. The summed E-state index contributed by atoms with van der Waals surface area (Å²) in [7, 11) is 0. The number of hydrogen-bond donors (Lipinski definition) is 2. The Morgan fingerprint density at radius 2 is 1.56 bits per heavy atom. The highest BCUT2D eigenvalue weighted by atomic mass is 19.2. The van der Waals surface area contributed by atoms with Gasteiger partial charge in [-0.2, -0.15) is 0 Å². The van der Waals surface area contributed by atoms with E-state index < -0.39 is 47.3 Å². The van der Waals surface area contributed by atoms with Crippen LogP contribution in [0.25, 0.3) is 22.2 Å². The Labute approximate surface area is 413 Å². The average Bonchev–Trinajstić information content (AvgIpc) is 4.01. The predicted molar refractivity (Wildman–Crippen MR) is 262 cm³/mol. The van der Waals surface area contributed by atoms with Crippen LogP contribution in [0.3, 0.4) is 0 Å². The van der Waals surface area contributed by atoms with Crippen LogP contribution in [-0.4, -0.2) is 98.7 Å². The Morgan fingerprint density at radius 1 is 0.778 bits per heavy atom. The van der Waals surface area contributed by atoms with Crippen LogP contribution in [0.4, 0.5) is 25.8 Å². The molecule has 5 aliphatic rings. The Bertz CT molecular complexity index is 3170. The molecule has 18 heteroatoms. The van der Waals surface area contributed by atoms with Crippen LogP contribution >= 0.6 is 0 Å². The maximum atomic E-state index is 14.7. The molecule has 6 aromatic rings. The first-order valence-electron chi connectivity index (χ1n) is 24.7. The normalized spacial score (nSPS) is 20.4. The van der Waals surface area contributed by atoms with Crippen molar-refractivity contribution in [3.05, 3.63) is 124 Å². The number of nitrogens with one attached hydrogen (secondary N) is 2. The van der Waals surface area contributed by atoms with Gasteiger partial charge in [-0.3, -0.25) is 43.9 Å². The zero-order chi connectivity index (χ0) is 49.9. The quantitative estimate of drug-likeness (QED) is 0.127. The molecule has 2 N–H and O–H groups in total. The summed E-state index contributed by atoms with van der Waals surface area (Å²) >= 11 is 0. The maximum absolute atomic E-state index is 14.7. The second kappa shape index (κ2) is 18.9. The standard InChI is InChI=1S/C54H53F2N9O7/c1-30-49(31(2)72-60-30)34-11-16-42-41(27-34)58-51(44-7-4-8-48(68)63(44)37-14-15-39(55)40(56)28-37)64(42)36-21-23-61(24-22-36)29-47(67)57-35-12-9-32(10-13-35)33-19-25-62(26-20-33)43-6-3-5-38-50(43)54(71)65(53(38)70)45-17-18-46(66)59-52(45)69/h3,5-6,9-16,27-28,33,36,44-45H,4,7-8,17-26,29H2,1-2H3,(H,57,67)(H,59,66,69)/t44-,45?/m0/s1. The summed E-state index contributed by atoms with van der Waals surface area (Å²) in [5.74, 6) is -2.80. The van der Waals surface area contributed by atoms with Crippen molar-refractivity contribution in [2.75, 3.05) is 47.8 Å². The Morgan fingerprint density at radius 3 is 2.28 bits per heavy atom. The smallest absolute Gasteiger partial charge is 0.264 e. The van der Waals surface area contributed by atoms with Crippen LogP contribution in [0.5, 0.6) is 0 Å². The van der Waals surface area contributed by atoms with Crippen molar-refractivity contribution in [3.8, 4) is 11.1 Å². The maximum Gasteiger partial charge on any atom is 0.264 e. The summed E-state index contributed by atoms with van der Waals surface area (Å²) in [6.45, 7) is 6.53. The Kier molecular flexibility index (Phi) is 12.3. The van der Waals surface area contributed by atoms with E-state index in [1.165, 1.54) is 6.07 Å². The minimum atomic E-state index is -1.03. The molecule has 2 aromatic heterocycles. The first-order valence-corrected chi connectivity index (χ1v) is 24.7. The number of imide groups is 2. The van der Waals surface area contributed by atoms with E-state index in [1.807, 2.05) is 62.4 Å². The van der Waals surface area contributed by atoms with Crippen LogP contribution in [0, 0.1) is 25.5 Å². The molecule has 1 unspecified atom stereocenters. The van der Waals surface area contributed by atoms with E-state index in [0.29, 0.717) is 80.4 Å². The Balaban J connectivity index is 0.735. The number of fused-ring (bicyclic) bond motifs is 2. The molecule has 0 radical (unpaired) electrons. The third-order valence-corrected chi connectivity index (χ3v) is 15.2. The number of likely N-dealkylation sites (tertiary alicyclic amines) is 1. The first-order chi connectivity index (χ1) is 34.8. The molecule has 2 atom stereocenters. The minimum Gasteiger partial charge on any atom is -0.371 e. The van der Waals surface area contributed by atoms with E-state index in [2.05, 4.69) is 30.2 Å². The number of rotatable bonds is 10. The van der Waals surface area contributed by atoms with Gasteiger partial charge in [0.1, 0.15) is 17.6 Å². The largest absolute Gasteiger partial charge is 0.371 e. The number of aromatic nitrogens is 3. The molecule has 72 heavy (non-hydrogen) atoms. The molecule has 4 fully saturated rings. The summed E-state index contributed by atoms with van der Waals surface area (Å²) in [5, 5.41) is 9.48. The van der Waals surface area contributed by atoms with Gasteiger partial charge in [-0.15, -0.1) is 0 Å². The number of halogens is 2. The number of anilines is 3. The number of carbonyl (C=O) groups excluding carboxylic acids is 6. The van der Waals surface area contributed by atoms with Crippen molar-refractivity contribution < 1.29 is 42.1 Å². The molecule has 4 aromatic carbocycles. The number of benzene rings is 4. The van der Waals surface area contributed by atoms with Crippen LogP contribution in [0.1, 0.15) is 119 Å². The van der Waals surface area contributed by atoms with Crippen LogP contribution < -0.4 is 20.4 Å². The fraction of sp³-hybridized carbons (Fsp3) is 0.370. The zero-order valence-corrected chi connectivity index (χ0v) is 40.0. The molecule has 0 aliphatic carbocycles. The fourth-order valence-electron chi connectivity index (χ4n) is 11.7. The van der Waals surface area contributed by atoms with Crippen LogP contribution in [0.2, 0.25) is 0 Å². The molecule has 0 bridgehead atoms. The molecule has 4 saturated heterocycles. The molecular weight excluding hydrogens is 925 g/mol. The van der Waals surface area contributed by atoms with Crippen molar-refractivity contribution in [2.45, 2.75) is 95.7 Å². The van der Waals surface area contributed by atoms with E-state index in [4.69, 9.17) is 9.51 Å². The highest BCUT2D eigenvalue weighted by molar-refractivity contribution is 6.25. The van der Waals surface area contributed by atoms with Crippen LogP contribution in [-0.2, 0) is 19.2 Å². The molecule has 0 saturated carbocycles. The van der Waals surface area contributed by atoms with Gasteiger partial charge in [0.2, 0.25) is 23.6 Å². The summed E-state index contributed by atoms with van der Waals surface area (Å²) in [4.78, 5) is 90.8. The van der Waals surface area contributed by atoms with Gasteiger partial charge >= 0.3 is 0 Å². The summed E-state index contributed by atoms with van der Waals surface area (Å²) in [6.07, 6.45) is 4.66. The van der Waals surface area contributed by atoms with Gasteiger partial charge in [0.25, 0.3) is 11.8 Å². The zero-order valence-electron chi connectivity index (χ0n) is 40.0. The molecule has 370 valence electrons. The lowest BCUT2D eigenvalue weighted by atomic mass is 9.89. The van der Waals surface area contributed by atoms with E-state index in [1.54, 1.807) is 17.0 Å². The average molecular weight is 978 g/mol. The molecule has 16 nitrogen and oxygen atoms in total. The molecule has 0 spiro atoms. The lowest BCUT2D eigenvalue weighted by Gasteiger charge is -2.38. The van der Waals surface area contributed by atoms with E-state index >= 15 is 0 Å². The van der Waals surface area contributed by atoms with Gasteiger partial charge in [0.15, 0.2) is 11.6 Å². The van der Waals surface area contributed by atoms with Gasteiger partial charge in [0, 0.05) is 68.1 Å². The molecular formula is C54H53F2N9O7. The second-order valence-corrected chi connectivity index (χ2v) is 19.6. The van der Waals surface area contributed by atoms with Crippen molar-refractivity contribution in [2.24, 2.45) is 0 Å². The minimum absolute atomic E-state index is 0.0204. The number of piperidine rings is 4. The van der Waals surface area contributed by atoms with Crippen molar-refractivity contribution >= 4 is 63.5 Å². The number of amides is 6. The monoisotopic (exact) mass is 977 g/mol. The molecule has 11 rings (SSSR count). The summed E-state index contributed by atoms with van der Waals surface area (Å²) in [5.41, 5.74) is 7.51. The van der Waals surface area contributed by atoms with E-state index in [9.17, 15) is 37.5 Å². The van der Waals surface area contributed by atoms with Gasteiger partial charge in [0.05, 0.1) is 46.1 Å². The SMILES string of the molecule is Cc1noc(C)c1-c1ccc2c(c1)nc([C@@H]1CCCC(=O)N1c1ccc(F)c(F)c1)n2C1CCN(CC(=O)Nc2ccc(C3CCN(c4cccc5c4C(=O)N(C4CCC(=O)NC4=O)C5=O)CC3)cc2)CC1. The fourth-order valence-corrected chi connectivity index (χ4v) is 11.7. The first kappa shape index (κ1) is 46.8. The number of carbonyl (C=O) groups is 6. The summed E-state index contributed by atoms with van der Waals surface area (Å²) in [6, 6.07) is 21.2. The number of hydrogen-bond acceptors (Lipinski definition) is 11. The third kappa shape index (κ3) is 8.50. The summed E-state index contributed by atoms with van der Waals surface area (Å²) < 4.78 is 36.5. The van der Waals surface area contributed by atoms with Crippen molar-refractivity contribution in [3.63, 3.8) is 0 Å². The number of aryl methyl sites for hydroxylation is 2. The second-order valence-electron chi connectivity index (χ2n) is 19.6. The van der Waals surface area contributed by atoms with E-state index in [0.717, 1.165) is 63.3 Å². The Hall–Kier alpha value is -7.60. The number of imidazole rings is 1. The lowest BCUT2D eigenvalue weighted by Crippen LogP contribution is -2.54. The molecule has 5 aliphatic heterocycles. The highest BCUT2D eigenvalue weighted by Crippen LogP contribution is 2.42. The molecule has 7 heterocycles. The van der Waals surface area contributed by atoms with Gasteiger partial charge in [-0.1, -0.05) is 29.4 Å². The van der Waals surface area contributed by atoms with Gasteiger partial charge < -0.3 is 24.2 Å². The van der Waals surface area contributed by atoms with Gasteiger partial charge in [-0.05, 0) is 124 Å². The number of nitrogens with zero attached hydrogens (tertiary/aromatic N) is 7. The van der Waals surface area contributed by atoms with Crippen LogP contribution in [0.15, 0.2) is 83.4 Å². The lowest BCUT2D eigenvalue weighted by molar-refractivity contribution is -0.136. The predicted octanol–water partition coefficient (Wildman–Crippen LogP) is 7.91. The topological polar surface area (TPSA) is 183 Å².